The van der Waals surface area contributed by atoms with Gasteiger partial charge in [0.05, 0.1) is 23.1 Å². The Hall–Kier alpha value is -3.57. The van der Waals surface area contributed by atoms with Crippen LogP contribution in [0.4, 0.5) is 10.1 Å². The summed E-state index contributed by atoms with van der Waals surface area (Å²) in [6.45, 7) is 0.0551. The molecule has 0 N–H and O–H groups in total. The number of halogens is 1. The lowest BCUT2D eigenvalue weighted by Gasteiger charge is -2.23. The maximum atomic E-state index is 14.0. The summed E-state index contributed by atoms with van der Waals surface area (Å²) in [7, 11) is -3.35. The third-order valence-electron chi connectivity index (χ3n) is 4.19. The van der Waals surface area contributed by atoms with Gasteiger partial charge in [-0.25, -0.2) is 12.8 Å². The maximum absolute atomic E-state index is 14.0. The molecule has 0 fully saturated rings. The third-order valence-corrected chi connectivity index (χ3v) is 5.32. The number of hydrogen-bond donors (Lipinski definition) is 0. The molecule has 1 aromatic heterocycles. The zero-order valence-electron chi connectivity index (χ0n) is 15.4. The number of amides is 1. The van der Waals surface area contributed by atoms with E-state index in [-0.39, 0.29) is 22.7 Å². The predicted octanol–water partition coefficient (Wildman–Crippen LogP) is 3.34. The van der Waals surface area contributed by atoms with E-state index in [1.165, 1.54) is 53.7 Å². The average molecular weight is 409 g/mol. The monoisotopic (exact) mass is 409 g/mol. The van der Waals surface area contributed by atoms with Gasteiger partial charge in [-0.1, -0.05) is 12.1 Å². The van der Waals surface area contributed by atoms with Gasteiger partial charge < -0.3 is 4.90 Å². The molecule has 8 heteroatoms. The minimum Gasteiger partial charge on any atom is -0.304 e. The third kappa shape index (κ3) is 4.83. The Kier molecular flexibility index (Phi) is 5.71. The van der Waals surface area contributed by atoms with E-state index in [0.29, 0.717) is 11.1 Å². The molecule has 1 amide bonds. The van der Waals surface area contributed by atoms with Gasteiger partial charge in [0.1, 0.15) is 5.82 Å². The van der Waals surface area contributed by atoms with Gasteiger partial charge in [-0.15, -0.1) is 0 Å². The van der Waals surface area contributed by atoms with Crippen LogP contribution in [0.25, 0.3) is 0 Å². The minimum absolute atomic E-state index is 0.0551. The Labute approximate surface area is 167 Å². The molecular weight excluding hydrogens is 393 g/mol. The number of rotatable bonds is 5. The second kappa shape index (κ2) is 8.20. The number of carbonyl (C=O) groups excluding carboxylic acids is 1. The summed E-state index contributed by atoms with van der Waals surface area (Å²) in [4.78, 5) is 18.5. The lowest BCUT2D eigenvalue weighted by atomic mass is 10.1. The lowest BCUT2D eigenvalue weighted by molar-refractivity contribution is 0.0985. The second-order valence-corrected chi connectivity index (χ2v) is 8.37. The Morgan fingerprint density at radius 1 is 1.10 bits per heavy atom. The fraction of sp³-hybridized carbons (Fsp3) is 0.0952. The molecule has 0 unspecified atom stereocenters. The number of carbonyl (C=O) groups is 1. The van der Waals surface area contributed by atoms with Gasteiger partial charge in [-0.3, -0.25) is 9.78 Å². The van der Waals surface area contributed by atoms with Gasteiger partial charge in [0.15, 0.2) is 9.84 Å². The van der Waals surface area contributed by atoms with Crippen LogP contribution in [-0.2, 0) is 16.4 Å². The van der Waals surface area contributed by atoms with Gasteiger partial charge in [-0.2, -0.15) is 5.26 Å². The highest BCUT2D eigenvalue weighted by Gasteiger charge is 2.20. The first kappa shape index (κ1) is 20.2. The standard InChI is InChI=1S/C21H16FN3O3S/c1-29(27,28)20-4-2-15(3-5-20)14-25(21(26)17-6-8-24-9-7-17)19-11-16(13-23)10-18(22)12-19/h2-12H,14H2,1H3. The van der Waals surface area contributed by atoms with E-state index in [0.717, 1.165) is 12.3 Å². The summed E-state index contributed by atoms with van der Waals surface area (Å²) in [6.07, 6.45) is 4.05. The Morgan fingerprint density at radius 3 is 2.34 bits per heavy atom. The number of aromatic nitrogens is 1. The van der Waals surface area contributed by atoms with E-state index < -0.39 is 21.6 Å². The molecule has 1 heterocycles. The summed E-state index contributed by atoms with van der Waals surface area (Å²) in [5, 5.41) is 9.14. The molecule has 3 aromatic rings. The Balaban J connectivity index is 2.03. The first-order valence-electron chi connectivity index (χ1n) is 8.49. The molecule has 0 aliphatic carbocycles. The molecule has 2 aromatic carbocycles. The smallest absolute Gasteiger partial charge is 0.258 e. The number of hydrogen-bond acceptors (Lipinski definition) is 5. The molecule has 146 valence electrons. The van der Waals surface area contributed by atoms with Crippen molar-refractivity contribution in [3.05, 3.63) is 89.5 Å². The quantitative estimate of drug-likeness (QED) is 0.645. The van der Waals surface area contributed by atoms with Gasteiger partial charge in [0.2, 0.25) is 0 Å². The fourth-order valence-electron chi connectivity index (χ4n) is 2.75. The van der Waals surface area contributed by atoms with Crippen molar-refractivity contribution in [1.82, 2.24) is 4.98 Å². The van der Waals surface area contributed by atoms with Crippen LogP contribution in [0.5, 0.6) is 0 Å². The van der Waals surface area contributed by atoms with Crippen LogP contribution in [-0.4, -0.2) is 25.6 Å². The number of anilines is 1. The SMILES string of the molecule is CS(=O)(=O)c1ccc(CN(C(=O)c2ccncc2)c2cc(F)cc(C#N)c2)cc1. The van der Waals surface area contributed by atoms with Crippen LogP contribution in [0.3, 0.4) is 0 Å². The molecule has 0 saturated carbocycles. The van der Waals surface area contributed by atoms with Crippen molar-refractivity contribution in [2.24, 2.45) is 0 Å². The number of benzene rings is 2. The molecule has 0 atom stereocenters. The zero-order valence-corrected chi connectivity index (χ0v) is 16.2. The summed E-state index contributed by atoms with van der Waals surface area (Å²) in [5.41, 5.74) is 1.29. The highest BCUT2D eigenvalue weighted by atomic mass is 32.2. The topological polar surface area (TPSA) is 91.1 Å². The van der Waals surface area contributed by atoms with Crippen LogP contribution in [0, 0.1) is 17.1 Å². The lowest BCUT2D eigenvalue weighted by Crippen LogP contribution is -2.30. The van der Waals surface area contributed by atoms with E-state index in [1.807, 2.05) is 6.07 Å². The molecule has 0 saturated heterocycles. The number of nitriles is 1. The first-order chi connectivity index (χ1) is 13.8. The highest BCUT2D eigenvalue weighted by Crippen LogP contribution is 2.23. The van der Waals surface area contributed by atoms with E-state index in [4.69, 9.17) is 5.26 Å². The molecule has 0 aliphatic rings. The zero-order chi connectivity index (χ0) is 21.0. The van der Waals surface area contributed by atoms with Crippen molar-refractivity contribution in [1.29, 1.82) is 5.26 Å². The van der Waals surface area contributed by atoms with Crippen LogP contribution in [0.2, 0.25) is 0 Å². The van der Waals surface area contributed by atoms with Crippen LogP contribution < -0.4 is 4.90 Å². The molecule has 0 aliphatic heterocycles. The molecular formula is C21H16FN3O3S. The van der Waals surface area contributed by atoms with E-state index >= 15 is 0 Å². The van der Waals surface area contributed by atoms with Gasteiger partial charge in [-0.05, 0) is 48.0 Å². The van der Waals surface area contributed by atoms with E-state index in [1.54, 1.807) is 12.1 Å². The van der Waals surface area contributed by atoms with Crippen LogP contribution in [0.1, 0.15) is 21.5 Å². The summed E-state index contributed by atoms with van der Waals surface area (Å²) >= 11 is 0. The van der Waals surface area contributed by atoms with Gasteiger partial charge in [0, 0.05) is 29.9 Å². The van der Waals surface area contributed by atoms with Crippen LogP contribution in [0.15, 0.2) is 71.9 Å². The van der Waals surface area contributed by atoms with Gasteiger partial charge >= 0.3 is 0 Å². The maximum Gasteiger partial charge on any atom is 0.258 e. The largest absolute Gasteiger partial charge is 0.304 e. The first-order valence-corrected chi connectivity index (χ1v) is 10.4. The van der Waals surface area contributed by atoms with Crippen molar-refractivity contribution < 1.29 is 17.6 Å². The van der Waals surface area contributed by atoms with Crippen molar-refractivity contribution in [2.45, 2.75) is 11.4 Å². The summed E-state index contributed by atoms with van der Waals surface area (Å²) in [5.74, 6) is -1.05. The molecule has 0 bridgehead atoms. The van der Waals surface area contributed by atoms with Gasteiger partial charge in [0.25, 0.3) is 5.91 Å². The van der Waals surface area contributed by atoms with Crippen molar-refractivity contribution >= 4 is 21.4 Å². The fourth-order valence-corrected chi connectivity index (χ4v) is 3.38. The Bertz CT molecular complexity index is 1190. The average Bonchev–Trinajstić information content (AvgIpc) is 2.71. The normalized spacial score (nSPS) is 10.9. The van der Waals surface area contributed by atoms with Crippen molar-refractivity contribution in [2.75, 3.05) is 11.2 Å². The molecule has 3 rings (SSSR count). The van der Waals surface area contributed by atoms with Crippen LogP contribution >= 0.6 is 0 Å². The molecule has 0 radical (unpaired) electrons. The number of nitrogens with zero attached hydrogens (tertiary/aromatic N) is 3. The summed E-state index contributed by atoms with van der Waals surface area (Å²) in [6, 6.07) is 14.7. The minimum atomic E-state index is -3.35. The molecule has 6 nitrogen and oxygen atoms in total. The van der Waals surface area contributed by atoms with Crippen molar-refractivity contribution in [3.63, 3.8) is 0 Å². The Morgan fingerprint density at radius 2 is 1.76 bits per heavy atom. The predicted molar refractivity (Wildman–Crippen MR) is 105 cm³/mol. The second-order valence-electron chi connectivity index (χ2n) is 6.35. The molecule has 0 spiro atoms. The summed E-state index contributed by atoms with van der Waals surface area (Å²) < 4.78 is 37.3. The highest BCUT2D eigenvalue weighted by molar-refractivity contribution is 7.90. The number of sulfone groups is 1. The van der Waals surface area contributed by atoms with E-state index in [2.05, 4.69) is 4.98 Å². The number of pyridine rings is 1. The van der Waals surface area contributed by atoms with E-state index in [9.17, 15) is 17.6 Å². The van der Waals surface area contributed by atoms with Crippen molar-refractivity contribution in [3.8, 4) is 6.07 Å². The molecule has 29 heavy (non-hydrogen) atoms.